The first-order chi connectivity index (χ1) is 7.69. The maximum atomic E-state index is 10.7. The van der Waals surface area contributed by atoms with Gasteiger partial charge in [0.25, 0.3) is 0 Å². The predicted octanol–water partition coefficient (Wildman–Crippen LogP) is 2.33. The highest BCUT2D eigenvalue weighted by Crippen LogP contribution is 2.46. The number of aliphatic hydroxyl groups is 1. The molecule has 2 aliphatic rings. The number of para-hydroxylation sites is 1. The lowest BCUT2D eigenvalue weighted by Crippen LogP contribution is -2.26. The number of rotatable bonds is 1. The van der Waals surface area contributed by atoms with Crippen molar-refractivity contribution in [2.75, 3.05) is 12.4 Å². The quantitative estimate of drug-likeness (QED) is 0.811. The Morgan fingerprint density at radius 2 is 2.38 bits per heavy atom. The third kappa shape index (κ3) is 1.54. The van der Waals surface area contributed by atoms with Crippen molar-refractivity contribution in [3.05, 3.63) is 29.3 Å². The van der Waals surface area contributed by atoms with Crippen LogP contribution in [0.15, 0.2) is 18.2 Å². The van der Waals surface area contributed by atoms with Crippen LogP contribution >= 0.6 is 11.8 Å². The van der Waals surface area contributed by atoms with Crippen molar-refractivity contribution < 1.29 is 9.84 Å². The van der Waals surface area contributed by atoms with Gasteiger partial charge in [-0.1, -0.05) is 25.1 Å². The van der Waals surface area contributed by atoms with Crippen LogP contribution < -0.4 is 4.74 Å². The van der Waals surface area contributed by atoms with Crippen LogP contribution in [-0.2, 0) is 12.0 Å². The van der Waals surface area contributed by atoms with Crippen LogP contribution in [0.3, 0.4) is 0 Å². The second kappa shape index (κ2) is 3.67. The van der Waals surface area contributed by atoms with Crippen LogP contribution in [0.2, 0.25) is 0 Å². The Balaban J connectivity index is 2.04. The summed E-state index contributed by atoms with van der Waals surface area (Å²) >= 11 is 1.84. The fourth-order valence-electron chi connectivity index (χ4n) is 2.64. The number of ether oxygens (including phenoxy) is 1. The summed E-state index contributed by atoms with van der Waals surface area (Å²) in [5.74, 6) is 1.73. The lowest BCUT2D eigenvalue weighted by molar-refractivity contribution is 0.0584. The Morgan fingerprint density at radius 1 is 1.50 bits per heavy atom. The molecule has 1 aromatic rings. The first-order valence-electron chi connectivity index (χ1n) is 5.78. The maximum absolute atomic E-state index is 10.7. The van der Waals surface area contributed by atoms with Gasteiger partial charge in [-0.3, -0.25) is 0 Å². The third-order valence-corrected chi connectivity index (χ3v) is 4.83. The molecule has 3 rings (SSSR count). The fourth-order valence-corrected chi connectivity index (χ4v) is 3.87. The van der Waals surface area contributed by atoms with E-state index >= 15 is 0 Å². The molecule has 1 saturated heterocycles. The van der Waals surface area contributed by atoms with E-state index in [2.05, 4.69) is 13.0 Å². The van der Waals surface area contributed by atoms with E-state index in [1.54, 1.807) is 0 Å². The molecule has 0 radical (unpaired) electrons. The average Bonchev–Trinajstić information content (AvgIpc) is 2.85. The number of hydrogen-bond donors (Lipinski definition) is 1. The third-order valence-electron chi connectivity index (χ3n) is 3.45. The lowest BCUT2D eigenvalue weighted by Gasteiger charge is -2.24. The highest BCUT2D eigenvalue weighted by Gasteiger charge is 2.40. The molecule has 0 aliphatic carbocycles. The highest BCUT2D eigenvalue weighted by molar-refractivity contribution is 8.00. The molecule has 0 amide bonds. The summed E-state index contributed by atoms with van der Waals surface area (Å²) < 4.78 is 5.67. The second-order valence-corrected chi connectivity index (χ2v) is 6.18. The van der Waals surface area contributed by atoms with Gasteiger partial charge in [0.05, 0.1) is 6.61 Å². The van der Waals surface area contributed by atoms with Gasteiger partial charge in [-0.25, -0.2) is 0 Å². The summed E-state index contributed by atoms with van der Waals surface area (Å²) in [6, 6.07) is 6.15. The van der Waals surface area contributed by atoms with Gasteiger partial charge in [0.15, 0.2) is 0 Å². The molecule has 2 heterocycles. The molecule has 0 aromatic heterocycles. The summed E-state index contributed by atoms with van der Waals surface area (Å²) in [6.45, 7) is 2.93. The Kier molecular flexibility index (Phi) is 2.41. The summed E-state index contributed by atoms with van der Waals surface area (Å²) in [5, 5.41) is 11.2. The number of thioether (sulfide) groups is 1. The van der Waals surface area contributed by atoms with Crippen LogP contribution in [0.5, 0.6) is 5.75 Å². The Labute approximate surface area is 100 Å². The zero-order valence-corrected chi connectivity index (χ0v) is 10.2. The molecule has 2 aliphatic heterocycles. The van der Waals surface area contributed by atoms with Crippen molar-refractivity contribution in [2.45, 2.75) is 30.6 Å². The van der Waals surface area contributed by atoms with Crippen molar-refractivity contribution in [3.8, 4) is 5.75 Å². The second-order valence-electron chi connectivity index (χ2n) is 4.75. The molecule has 2 atom stereocenters. The smallest absolute Gasteiger partial charge is 0.128 e. The van der Waals surface area contributed by atoms with Crippen molar-refractivity contribution in [1.82, 2.24) is 0 Å². The van der Waals surface area contributed by atoms with Gasteiger partial charge in [0.2, 0.25) is 0 Å². The minimum atomic E-state index is -0.681. The lowest BCUT2D eigenvalue weighted by atomic mass is 9.89. The van der Waals surface area contributed by atoms with Gasteiger partial charge in [-0.15, -0.1) is 0 Å². The van der Waals surface area contributed by atoms with Crippen LogP contribution in [0.25, 0.3) is 0 Å². The maximum Gasteiger partial charge on any atom is 0.128 e. The summed E-state index contributed by atoms with van der Waals surface area (Å²) in [6.07, 6.45) is 1.80. The molecule has 2 unspecified atom stereocenters. The highest BCUT2D eigenvalue weighted by atomic mass is 32.2. The summed E-state index contributed by atoms with van der Waals surface area (Å²) in [4.78, 5) is 0. The van der Waals surface area contributed by atoms with E-state index in [4.69, 9.17) is 4.74 Å². The van der Waals surface area contributed by atoms with Crippen LogP contribution in [0, 0.1) is 0 Å². The summed E-state index contributed by atoms with van der Waals surface area (Å²) in [7, 11) is 0. The SMILES string of the molecule is CC1CC(O)(c2cccc3c2OCC3)CS1. The Bertz CT molecular complexity index is 418. The van der Waals surface area contributed by atoms with E-state index in [1.165, 1.54) is 5.56 Å². The van der Waals surface area contributed by atoms with Gasteiger partial charge in [-0.2, -0.15) is 11.8 Å². The average molecular weight is 236 g/mol. The zero-order valence-electron chi connectivity index (χ0n) is 9.40. The van der Waals surface area contributed by atoms with Crippen molar-refractivity contribution in [2.24, 2.45) is 0 Å². The normalized spacial score (nSPS) is 32.5. The van der Waals surface area contributed by atoms with E-state index in [9.17, 15) is 5.11 Å². The first-order valence-corrected chi connectivity index (χ1v) is 6.83. The minimum absolute atomic E-state index is 0.530. The molecule has 3 heteroatoms. The number of hydrogen-bond acceptors (Lipinski definition) is 3. The van der Waals surface area contributed by atoms with Crippen molar-refractivity contribution >= 4 is 11.8 Å². The number of benzene rings is 1. The molecule has 0 spiro atoms. The zero-order chi connectivity index (χ0) is 11.2. The van der Waals surface area contributed by atoms with Gasteiger partial charge < -0.3 is 9.84 Å². The standard InChI is InChI=1S/C13H16O2S/c1-9-7-13(14,8-16-9)11-4-2-3-10-5-6-15-12(10)11/h2-4,9,14H,5-8H2,1H3. The molecule has 0 saturated carbocycles. The first kappa shape index (κ1) is 10.5. The van der Waals surface area contributed by atoms with Gasteiger partial charge >= 0.3 is 0 Å². The molecule has 16 heavy (non-hydrogen) atoms. The minimum Gasteiger partial charge on any atom is -0.493 e. The monoisotopic (exact) mass is 236 g/mol. The van der Waals surface area contributed by atoms with Crippen molar-refractivity contribution in [1.29, 1.82) is 0 Å². The van der Waals surface area contributed by atoms with Gasteiger partial charge in [0.1, 0.15) is 11.4 Å². The molecule has 2 nitrogen and oxygen atoms in total. The van der Waals surface area contributed by atoms with E-state index < -0.39 is 5.60 Å². The van der Waals surface area contributed by atoms with E-state index in [0.717, 1.165) is 36.5 Å². The summed E-state index contributed by atoms with van der Waals surface area (Å²) in [5.41, 5.74) is 1.56. The van der Waals surface area contributed by atoms with Gasteiger partial charge in [0, 0.05) is 23.0 Å². The molecule has 0 bridgehead atoms. The number of fused-ring (bicyclic) bond motifs is 1. The molecule has 1 fully saturated rings. The van der Waals surface area contributed by atoms with Crippen LogP contribution in [0.1, 0.15) is 24.5 Å². The van der Waals surface area contributed by atoms with Crippen LogP contribution in [0.4, 0.5) is 0 Å². The van der Waals surface area contributed by atoms with Crippen molar-refractivity contribution in [3.63, 3.8) is 0 Å². The van der Waals surface area contributed by atoms with Crippen LogP contribution in [-0.4, -0.2) is 22.7 Å². The largest absolute Gasteiger partial charge is 0.493 e. The van der Waals surface area contributed by atoms with E-state index in [0.29, 0.717) is 5.25 Å². The molecule has 86 valence electrons. The molecule has 1 aromatic carbocycles. The molecular formula is C13H16O2S. The molecular weight excluding hydrogens is 220 g/mol. The van der Waals surface area contributed by atoms with E-state index in [-0.39, 0.29) is 0 Å². The Morgan fingerprint density at radius 3 is 3.12 bits per heavy atom. The predicted molar refractivity (Wildman–Crippen MR) is 66.1 cm³/mol. The fraction of sp³-hybridized carbons (Fsp3) is 0.538. The van der Waals surface area contributed by atoms with Gasteiger partial charge in [-0.05, 0) is 12.0 Å². The topological polar surface area (TPSA) is 29.5 Å². The van der Waals surface area contributed by atoms with E-state index in [1.807, 2.05) is 23.9 Å². The Hall–Kier alpha value is -0.670. The molecule has 1 N–H and O–H groups in total.